The summed E-state index contributed by atoms with van der Waals surface area (Å²) in [5, 5.41) is 11.0. The second-order valence-corrected chi connectivity index (χ2v) is 10.2. The van der Waals surface area contributed by atoms with Gasteiger partial charge >= 0.3 is 0 Å². The van der Waals surface area contributed by atoms with Gasteiger partial charge in [-0.15, -0.1) is 0 Å². The molecule has 8 bridgehead atoms. The minimum atomic E-state index is -0.833. The molecular weight excluding hydrogens is 727 g/mol. The molecule has 1 N–H and O–H groups in total. The molecule has 2 aliphatic heterocycles. The Morgan fingerprint density at radius 3 is 0.933 bits per heavy atom. The Kier molecular flexibility index (Phi) is 7.31. The van der Waals surface area contributed by atoms with Crippen LogP contribution in [0.2, 0.25) is 0 Å². The van der Waals surface area contributed by atoms with E-state index in [1.807, 2.05) is 97.1 Å². The van der Waals surface area contributed by atoms with Gasteiger partial charge in [0, 0.05) is 88.6 Å². The van der Waals surface area contributed by atoms with Gasteiger partial charge in [0.25, 0.3) is 5.97 Å². The monoisotopic (exact) mass is 747 g/mol. The molecular formula is C34H20LuN8O2-2. The minimum absolute atomic E-state index is 0. The van der Waals surface area contributed by atoms with E-state index < -0.39 is 5.97 Å². The quantitative estimate of drug-likeness (QED) is 0.190. The summed E-state index contributed by atoms with van der Waals surface area (Å²) in [6.45, 7) is 1.08. The van der Waals surface area contributed by atoms with Gasteiger partial charge in [0.2, 0.25) is 0 Å². The number of carbonyl (C=O) groups is 1. The van der Waals surface area contributed by atoms with Gasteiger partial charge in [-0.2, -0.15) is 0 Å². The third-order valence-corrected chi connectivity index (χ3v) is 7.33. The first-order valence-corrected chi connectivity index (χ1v) is 13.8. The van der Waals surface area contributed by atoms with Crippen LogP contribution in [0.15, 0.2) is 97.1 Å². The summed E-state index contributed by atoms with van der Waals surface area (Å²) >= 11 is 0. The molecule has 0 unspecified atom stereocenters. The topological polar surface area (TPSA) is 143 Å². The standard InChI is InChI=1S/C32H16N8.C2H4O2.Lu/c1-2-10-18-17(9-1)25-33-26(18)38-28-21-13-5-6-14-22(21)30(35-28)40-32-24-16-8-7-15-23(24)31(36-32)39-29-20-12-4-3-11-19(20)27(34-29)37-25;1-2(3)4;/h1-16H;1H3,(H,3,4);/q-2;;. The number of hydrogen-bond acceptors (Lipinski definition) is 7. The van der Waals surface area contributed by atoms with Gasteiger partial charge in [0.15, 0.2) is 0 Å². The van der Waals surface area contributed by atoms with E-state index in [1.165, 1.54) is 0 Å². The predicted octanol–water partition coefficient (Wildman–Crippen LogP) is 6.22. The van der Waals surface area contributed by atoms with Gasteiger partial charge < -0.3 is 35.0 Å². The molecule has 9 rings (SSSR count). The first kappa shape index (κ1) is 28.7. The van der Waals surface area contributed by atoms with Crippen molar-refractivity contribution in [2.24, 2.45) is 0 Å². The molecule has 1 radical (unpaired) electrons. The number of fused-ring (bicyclic) bond motifs is 20. The molecule has 3 aromatic heterocycles. The fourth-order valence-electron chi connectivity index (χ4n) is 5.46. The molecule has 0 atom stereocenters. The normalized spacial score (nSPS) is 11.2. The summed E-state index contributed by atoms with van der Waals surface area (Å²) in [4.78, 5) is 48.3. The molecule has 2 aliphatic rings. The van der Waals surface area contributed by atoms with Crippen molar-refractivity contribution in [2.75, 3.05) is 0 Å². The zero-order valence-electron chi connectivity index (χ0n) is 23.4. The number of rotatable bonds is 0. The van der Waals surface area contributed by atoms with Gasteiger partial charge in [-0.3, -0.25) is 4.79 Å². The van der Waals surface area contributed by atoms with Crippen LogP contribution in [0, 0.1) is 36.9 Å². The smallest absolute Gasteiger partial charge is 0.300 e. The van der Waals surface area contributed by atoms with Crippen LogP contribution in [-0.2, 0) is 4.79 Å². The molecule has 10 nitrogen and oxygen atoms in total. The van der Waals surface area contributed by atoms with E-state index in [4.69, 9.17) is 49.8 Å². The van der Waals surface area contributed by atoms with E-state index in [-0.39, 0.29) is 36.9 Å². The van der Waals surface area contributed by atoms with Crippen molar-refractivity contribution in [1.82, 2.24) is 39.9 Å². The Hall–Kier alpha value is -5.06. The number of carboxylic acid groups (broad SMARTS) is 1. The van der Waals surface area contributed by atoms with Crippen LogP contribution in [0.4, 0.5) is 0 Å². The van der Waals surface area contributed by atoms with Gasteiger partial charge in [0.05, 0.1) is 23.3 Å². The molecule has 7 aromatic rings. The van der Waals surface area contributed by atoms with Crippen molar-refractivity contribution >= 4 is 50.1 Å². The maximum atomic E-state index is 9.00. The number of nitrogens with zero attached hydrogens (tertiary/aromatic N) is 8. The Morgan fingerprint density at radius 1 is 0.467 bits per heavy atom. The average Bonchev–Trinajstić information content (AvgIpc) is 3.76. The largest absolute Gasteiger partial charge is 0.481 e. The summed E-state index contributed by atoms with van der Waals surface area (Å²) in [5.41, 5.74) is 5.78. The zero-order valence-corrected chi connectivity index (χ0v) is 25.1. The van der Waals surface area contributed by atoms with Gasteiger partial charge in [-0.1, -0.05) is 97.1 Å². The number of benzene rings is 4. The van der Waals surface area contributed by atoms with E-state index in [0.717, 1.165) is 50.7 Å². The molecule has 45 heavy (non-hydrogen) atoms. The maximum Gasteiger partial charge on any atom is 0.300 e. The van der Waals surface area contributed by atoms with Crippen LogP contribution in [0.5, 0.6) is 0 Å². The Bertz CT molecular complexity index is 2140. The van der Waals surface area contributed by atoms with Crippen LogP contribution in [0.1, 0.15) is 6.92 Å². The van der Waals surface area contributed by atoms with Crippen LogP contribution in [0.25, 0.3) is 89.7 Å². The number of aromatic nitrogens is 8. The molecule has 225 valence electrons. The van der Waals surface area contributed by atoms with Crippen molar-refractivity contribution < 1.29 is 46.8 Å². The van der Waals surface area contributed by atoms with E-state index in [9.17, 15) is 0 Å². The molecule has 4 aromatic carbocycles. The number of hydrogen-bond donors (Lipinski definition) is 1. The Balaban J connectivity index is 0.000000617. The first-order chi connectivity index (χ1) is 21.5. The summed E-state index contributed by atoms with van der Waals surface area (Å²) < 4.78 is 0. The van der Waals surface area contributed by atoms with Crippen molar-refractivity contribution in [3.63, 3.8) is 0 Å². The second kappa shape index (κ2) is 11.5. The van der Waals surface area contributed by atoms with Crippen molar-refractivity contribution in [3.05, 3.63) is 97.1 Å². The second-order valence-electron chi connectivity index (χ2n) is 10.2. The molecule has 0 amide bonds. The van der Waals surface area contributed by atoms with Gasteiger partial charge in [-0.05, 0) is 21.5 Å². The van der Waals surface area contributed by atoms with E-state index in [2.05, 4.69) is 0 Å². The fraction of sp³-hybridized carbons (Fsp3) is 0.0294. The molecule has 0 saturated carbocycles. The fourth-order valence-corrected chi connectivity index (χ4v) is 5.46. The van der Waals surface area contributed by atoms with Crippen LogP contribution in [-0.4, -0.2) is 41.0 Å². The summed E-state index contributed by atoms with van der Waals surface area (Å²) in [7, 11) is 0. The van der Waals surface area contributed by atoms with E-state index >= 15 is 0 Å². The van der Waals surface area contributed by atoms with Gasteiger partial charge in [-0.25, -0.2) is 9.97 Å². The van der Waals surface area contributed by atoms with Crippen LogP contribution < -0.4 is 9.97 Å². The van der Waals surface area contributed by atoms with Crippen molar-refractivity contribution in [3.8, 4) is 45.6 Å². The zero-order chi connectivity index (χ0) is 29.8. The number of aliphatic carboxylic acids is 1. The average molecular weight is 748 g/mol. The van der Waals surface area contributed by atoms with E-state index in [0.29, 0.717) is 45.9 Å². The third-order valence-electron chi connectivity index (χ3n) is 7.33. The number of carboxylic acids is 1. The maximum absolute atomic E-state index is 9.00. The SMILES string of the molecule is CC(=O)O.[Lu].c1ccc2c(c1)-c1nc-2nc2[n-]c(nc3nc(nc4[n-]c(n1)c1ccccc41)-c1ccccc1-3)c1ccccc21. The van der Waals surface area contributed by atoms with Gasteiger partial charge in [0.1, 0.15) is 0 Å². The van der Waals surface area contributed by atoms with Crippen LogP contribution >= 0.6 is 0 Å². The summed E-state index contributed by atoms with van der Waals surface area (Å²) in [5.74, 6) is 1.37. The van der Waals surface area contributed by atoms with Crippen molar-refractivity contribution in [2.45, 2.75) is 6.92 Å². The minimum Gasteiger partial charge on any atom is -0.481 e. The van der Waals surface area contributed by atoms with E-state index in [1.54, 1.807) is 0 Å². The first-order valence-electron chi connectivity index (χ1n) is 13.8. The molecule has 5 heterocycles. The molecule has 0 spiro atoms. The summed E-state index contributed by atoms with van der Waals surface area (Å²) in [6.07, 6.45) is 0. The third kappa shape index (κ3) is 5.02. The molecule has 11 heteroatoms. The summed E-state index contributed by atoms with van der Waals surface area (Å²) in [6, 6.07) is 31.8. The molecule has 0 fully saturated rings. The molecule has 0 aliphatic carbocycles. The van der Waals surface area contributed by atoms with Crippen molar-refractivity contribution in [1.29, 1.82) is 0 Å². The van der Waals surface area contributed by atoms with Crippen LogP contribution in [0.3, 0.4) is 0 Å². The predicted molar refractivity (Wildman–Crippen MR) is 167 cm³/mol. The Morgan fingerprint density at radius 2 is 0.689 bits per heavy atom. The molecule has 0 saturated heterocycles. The Labute approximate surface area is 284 Å².